The molecule has 2 aromatic carbocycles. The fourth-order valence-electron chi connectivity index (χ4n) is 2.74. The Morgan fingerprint density at radius 1 is 1.10 bits per heavy atom. The molecule has 164 valence electrons. The van der Waals surface area contributed by atoms with Gasteiger partial charge in [0.05, 0.1) is 12.2 Å². The quantitative estimate of drug-likeness (QED) is 0.248. The Kier molecular flexibility index (Phi) is 11.9. The van der Waals surface area contributed by atoms with Crippen LogP contribution in [0.15, 0.2) is 88.9 Å². The molecule has 0 unspecified atom stereocenters. The average Bonchev–Trinajstić information content (AvgIpc) is 2.76. The highest BCUT2D eigenvalue weighted by molar-refractivity contribution is 6.30. The van der Waals surface area contributed by atoms with Crippen LogP contribution in [0.1, 0.15) is 32.8 Å². The lowest BCUT2D eigenvalue weighted by Gasteiger charge is -2.19. The van der Waals surface area contributed by atoms with E-state index in [2.05, 4.69) is 38.2 Å². The molecular weight excluding hydrogens is 402 g/mol. The number of nitrogens with zero attached hydrogens (tertiary/aromatic N) is 3. The minimum absolute atomic E-state index is 0.527. The first-order valence-corrected chi connectivity index (χ1v) is 10.8. The molecular formula is C27H34ClN3. The second kappa shape index (κ2) is 14.2. The number of allylic oxidation sites excluding steroid dienone is 3. The van der Waals surface area contributed by atoms with Crippen LogP contribution in [0.5, 0.6) is 0 Å². The van der Waals surface area contributed by atoms with Crippen LogP contribution in [0.25, 0.3) is 11.1 Å². The Bertz CT molecular complexity index is 953. The van der Waals surface area contributed by atoms with Gasteiger partial charge >= 0.3 is 0 Å². The predicted octanol–water partition coefficient (Wildman–Crippen LogP) is 7.75. The van der Waals surface area contributed by atoms with Crippen molar-refractivity contribution in [3.63, 3.8) is 0 Å². The molecule has 0 aliphatic rings. The van der Waals surface area contributed by atoms with E-state index in [1.807, 2.05) is 86.6 Å². The van der Waals surface area contributed by atoms with Crippen LogP contribution >= 0.6 is 11.6 Å². The molecule has 0 fully saturated rings. The fraction of sp³-hybridized carbons (Fsp3) is 0.259. The number of hydrogen-bond donors (Lipinski definition) is 0. The van der Waals surface area contributed by atoms with E-state index in [0.29, 0.717) is 11.6 Å². The first-order valence-electron chi connectivity index (χ1n) is 10.4. The predicted molar refractivity (Wildman–Crippen MR) is 140 cm³/mol. The molecule has 0 aromatic heterocycles. The van der Waals surface area contributed by atoms with Crippen LogP contribution in [0.2, 0.25) is 5.02 Å². The second-order valence-electron chi connectivity index (χ2n) is 7.11. The number of aliphatic imine (C=N–C) groups is 2. The third kappa shape index (κ3) is 8.39. The Labute approximate surface area is 193 Å². The maximum atomic E-state index is 6.17. The second-order valence-corrected chi connectivity index (χ2v) is 7.55. The van der Waals surface area contributed by atoms with E-state index < -0.39 is 0 Å². The third-order valence-corrected chi connectivity index (χ3v) is 4.40. The van der Waals surface area contributed by atoms with Gasteiger partial charge in [-0.2, -0.15) is 0 Å². The van der Waals surface area contributed by atoms with Crippen LogP contribution < -0.4 is 0 Å². The van der Waals surface area contributed by atoms with Crippen molar-refractivity contribution in [2.45, 2.75) is 27.2 Å². The molecule has 0 aliphatic heterocycles. The number of hydrogen-bond acceptors (Lipinski definition) is 2. The molecule has 0 N–H and O–H groups in total. The summed E-state index contributed by atoms with van der Waals surface area (Å²) in [6.07, 6.45) is 9.05. The Balaban J connectivity index is 0.00000151. The van der Waals surface area contributed by atoms with Crippen LogP contribution in [-0.4, -0.2) is 38.1 Å². The smallest absolute Gasteiger partial charge is 0.132 e. The lowest BCUT2D eigenvalue weighted by atomic mass is 10.0. The Hall–Kier alpha value is -2.91. The molecule has 0 amide bonds. The van der Waals surface area contributed by atoms with Gasteiger partial charge in [0, 0.05) is 24.7 Å². The van der Waals surface area contributed by atoms with E-state index in [-0.39, 0.29) is 0 Å². The van der Waals surface area contributed by atoms with Gasteiger partial charge in [0.2, 0.25) is 0 Å². The van der Waals surface area contributed by atoms with Gasteiger partial charge in [-0.15, -0.1) is 0 Å². The van der Waals surface area contributed by atoms with Gasteiger partial charge in [-0.05, 0) is 54.6 Å². The van der Waals surface area contributed by atoms with Crippen LogP contribution in [0.3, 0.4) is 0 Å². The van der Waals surface area contributed by atoms with Crippen LogP contribution in [0, 0.1) is 0 Å². The van der Waals surface area contributed by atoms with Crippen molar-refractivity contribution in [1.82, 2.24) is 4.90 Å². The largest absolute Gasteiger partial charge is 0.362 e. The zero-order chi connectivity index (χ0) is 23.2. The molecule has 0 saturated carbocycles. The SMILES string of the molecule is C=C/C(=C\C=C/C)CN=C(c1cc(-c2cccc(Cl)c2)ccc1N=C)N(C)C.CCC. The molecule has 0 atom stereocenters. The van der Waals surface area contributed by atoms with Gasteiger partial charge in [0.25, 0.3) is 0 Å². The molecule has 2 aromatic rings. The van der Waals surface area contributed by atoms with Crippen molar-refractivity contribution in [3.05, 3.63) is 89.5 Å². The zero-order valence-electron chi connectivity index (χ0n) is 19.4. The van der Waals surface area contributed by atoms with Crippen LogP contribution in [0.4, 0.5) is 5.69 Å². The van der Waals surface area contributed by atoms with Crippen LogP contribution in [-0.2, 0) is 0 Å². The number of amidine groups is 1. The van der Waals surface area contributed by atoms with Gasteiger partial charge < -0.3 is 4.90 Å². The molecule has 0 bridgehead atoms. The Morgan fingerprint density at radius 2 is 1.77 bits per heavy atom. The van der Waals surface area contributed by atoms with Gasteiger partial charge in [0.1, 0.15) is 5.84 Å². The van der Waals surface area contributed by atoms with E-state index in [1.165, 1.54) is 6.42 Å². The first-order chi connectivity index (χ1) is 14.9. The molecule has 0 radical (unpaired) electrons. The molecule has 0 heterocycles. The van der Waals surface area contributed by atoms with Gasteiger partial charge in [-0.3, -0.25) is 9.98 Å². The Morgan fingerprint density at radius 3 is 2.32 bits per heavy atom. The van der Waals surface area contributed by atoms with E-state index in [4.69, 9.17) is 16.6 Å². The average molecular weight is 436 g/mol. The standard InChI is InChI=1S/C24H26ClN3.C3H8/c1-6-8-10-18(7-2)17-27-24(28(4)5)22-16-20(13-14-23(22)26-3)19-11-9-12-21(25)15-19;1-3-2/h6-16H,2-3,17H2,1,4-5H3;3H2,1-2H3/b8-6-,18-10+,27-24?;. The highest BCUT2D eigenvalue weighted by Crippen LogP contribution is 2.29. The lowest BCUT2D eigenvalue weighted by Crippen LogP contribution is -2.24. The van der Waals surface area contributed by atoms with E-state index in [1.54, 1.807) is 0 Å². The molecule has 0 spiro atoms. The summed E-state index contributed by atoms with van der Waals surface area (Å²) in [6.45, 7) is 14.4. The van der Waals surface area contributed by atoms with Gasteiger partial charge in [0.15, 0.2) is 0 Å². The van der Waals surface area contributed by atoms with E-state index in [9.17, 15) is 0 Å². The normalized spacial score (nSPS) is 11.7. The zero-order valence-corrected chi connectivity index (χ0v) is 20.2. The summed E-state index contributed by atoms with van der Waals surface area (Å²) in [6, 6.07) is 13.9. The van der Waals surface area contributed by atoms with Gasteiger partial charge in [-0.25, -0.2) is 0 Å². The third-order valence-electron chi connectivity index (χ3n) is 4.17. The topological polar surface area (TPSA) is 28.0 Å². The maximum absolute atomic E-state index is 6.17. The van der Waals surface area contributed by atoms with Crippen molar-refractivity contribution < 1.29 is 0 Å². The molecule has 31 heavy (non-hydrogen) atoms. The summed E-state index contributed by atoms with van der Waals surface area (Å²) in [5.74, 6) is 0.833. The number of benzene rings is 2. The summed E-state index contributed by atoms with van der Waals surface area (Å²) in [5, 5.41) is 0.705. The number of halogens is 1. The van der Waals surface area contributed by atoms with Crippen molar-refractivity contribution in [3.8, 4) is 11.1 Å². The molecule has 2 rings (SSSR count). The molecule has 4 heteroatoms. The monoisotopic (exact) mass is 435 g/mol. The maximum Gasteiger partial charge on any atom is 0.132 e. The van der Waals surface area contributed by atoms with E-state index >= 15 is 0 Å². The molecule has 0 saturated heterocycles. The van der Waals surface area contributed by atoms with Crippen molar-refractivity contribution in [1.29, 1.82) is 0 Å². The van der Waals surface area contributed by atoms with E-state index in [0.717, 1.165) is 33.8 Å². The highest BCUT2D eigenvalue weighted by Gasteiger charge is 2.13. The fourth-order valence-corrected chi connectivity index (χ4v) is 2.93. The lowest BCUT2D eigenvalue weighted by molar-refractivity contribution is 0.621. The van der Waals surface area contributed by atoms with Crippen molar-refractivity contribution in [2.75, 3.05) is 20.6 Å². The van der Waals surface area contributed by atoms with Gasteiger partial charge in [-0.1, -0.05) is 81.0 Å². The van der Waals surface area contributed by atoms with Crippen molar-refractivity contribution >= 4 is 29.8 Å². The highest BCUT2D eigenvalue weighted by atomic mass is 35.5. The summed E-state index contributed by atoms with van der Waals surface area (Å²) < 4.78 is 0. The summed E-state index contributed by atoms with van der Waals surface area (Å²) in [5.41, 5.74) is 4.84. The molecule has 3 nitrogen and oxygen atoms in total. The number of rotatable bonds is 7. The summed E-state index contributed by atoms with van der Waals surface area (Å²) in [4.78, 5) is 11.0. The molecule has 0 aliphatic carbocycles. The summed E-state index contributed by atoms with van der Waals surface area (Å²) in [7, 11) is 3.95. The first kappa shape index (κ1) is 26.1. The minimum Gasteiger partial charge on any atom is -0.362 e. The summed E-state index contributed by atoms with van der Waals surface area (Å²) >= 11 is 6.17. The minimum atomic E-state index is 0.527. The van der Waals surface area contributed by atoms with Crippen molar-refractivity contribution in [2.24, 2.45) is 9.98 Å².